The molecule has 0 amide bonds. The van der Waals surface area contributed by atoms with Gasteiger partial charge >= 0.3 is 11.9 Å². The van der Waals surface area contributed by atoms with Crippen molar-refractivity contribution < 1.29 is 17.6 Å². The molecule has 2 aromatic heterocycles. The molecule has 1 aliphatic rings. The molecule has 4 aromatic rings. The number of nitrogens with one attached hydrogen (secondary N) is 1. The van der Waals surface area contributed by atoms with Crippen molar-refractivity contribution in [1.82, 2.24) is 4.98 Å². The van der Waals surface area contributed by atoms with Gasteiger partial charge in [0.15, 0.2) is 5.58 Å². The molecule has 3 heterocycles. The molecule has 0 spiro atoms. The largest absolute Gasteiger partial charge is 0.417 e. The number of benzene rings is 2. The highest BCUT2D eigenvalue weighted by Crippen LogP contribution is 2.42. The molecular weight excluding hydrogens is 439 g/mol. The van der Waals surface area contributed by atoms with Gasteiger partial charge in [0.1, 0.15) is 5.71 Å². The smallest absolute Gasteiger partial charge is 0.408 e. The third kappa shape index (κ3) is 3.05. The van der Waals surface area contributed by atoms with Gasteiger partial charge in [0.2, 0.25) is 0 Å². The molecule has 5 nitrogen and oxygen atoms in total. The molecule has 0 radical (unpaired) electrons. The summed E-state index contributed by atoms with van der Waals surface area (Å²) in [4.78, 5) is 14.7. The molecule has 0 fully saturated rings. The summed E-state index contributed by atoms with van der Waals surface area (Å²) in [6.07, 6.45) is -4.04. The van der Waals surface area contributed by atoms with E-state index in [2.05, 4.69) is 15.2 Å². The normalized spacial score (nSPS) is 14.6. The standard InChI is InChI=1S/C20H11ClF3N3O2S/c1-8-4-9-5-14-15(29-19(28)25-14)6-10(9)17(27-26-8)16-7-11-12(20(22,23)24)2-3-13(21)18(11)30-16/h2-3,5-7H,4H2,1H3,(H,25,28). The number of hydrogen-bond donors (Lipinski definition) is 1. The molecule has 0 bridgehead atoms. The summed E-state index contributed by atoms with van der Waals surface area (Å²) in [5.74, 6) is -0.586. The number of nitrogens with zero attached hydrogens (tertiary/aromatic N) is 2. The second kappa shape index (κ2) is 6.55. The van der Waals surface area contributed by atoms with E-state index in [0.717, 1.165) is 28.7 Å². The lowest BCUT2D eigenvalue weighted by atomic mass is 9.97. The zero-order valence-electron chi connectivity index (χ0n) is 15.2. The van der Waals surface area contributed by atoms with Crippen molar-refractivity contribution in [1.29, 1.82) is 0 Å². The Bertz CT molecular complexity index is 1460. The van der Waals surface area contributed by atoms with Crippen LogP contribution >= 0.6 is 22.9 Å². The van der Waals surface area contributed by atoms with Gasteiger partial charge in [0.05, 0.1) is 25.7 Å². The zero-order chi connectivity index (χ0) is 21.2. The van der Waals surface area contributed by atoms with Gasteiger partial charge in [0, 0.05) is 23.1 Å². The number of aromatic nitrogens is 1. The van der Waals surface area contributed by atoms with E-state index in [-0.39, 0.29) is 10.4 Å². The predicted octanol–water partition coefficient (Wildman–Crippen LogP) is 5.78. The maximum atomic E-state index is 13.5. The minimum Gasteiger partial charge on any atom is -0.408 e. The van der Waals surface area contributed by atoms with Gasteiger partial charge < -0.3 is 4.42 Å². The minimum atomic E-state index is -4.51. The van der Waals surface area contributed by atoms with Crippen molar-refractivity contribution in [2.24, 2.45) is 10.2 Å². The van der Waals surface area contributed by atoms with Crippen molar-refractivity contribution >= 4 is 55.5 Å². The van der Waals surface area contributed by atoms with E-state index in [1.807, 2.05) is 6.92 Å². The van der Waals surface area contributed by atoms with E-state index in [4.69, 9.17) is 16.0 Å². The Morgan fingerprint density at radius 3 is 2.77 bits per heavy atom. The number of H-pyrrole nitrogens is 1. The van der Waals surface area contributed by atoms with Crippen LogP contribution in [0.5, 0.6) is 0 Å². The molecule has 1 N–H and O–H groups in total. The molecular formula is C20H11ClF3N3O2S. The summed E-state index contributed by atoms with van der Waals surface area (Å²) >= 11 is 7.30. The lowest BCUT2D eigenvalue weighted by molar-refractivity contribution is -0.136. The molecule has 0 atom stereocenters. The number of thiophene rings is 1. The van der Waals surface area contributed by atoms with Crippen LogP contribution in [0.2, 0.25) is 5.02 Å². The fourth-order valence-electron chi connectivity index (χ4n) is 3.55. The van der Waals surface area contributed by atoms with Crippen molar-refractivity contribution in [3.8, 4) is 0 Å². The van der Waals surface area contributed by atoms with Crippen LogP contribution in [0.15, 0.2) is 49.7 Å². The van der Waals surface area contributed by atoms with Crippen LogP contribution < -0.4 is 5.76 Å². The second-order valence-electron chi connectivity index (χ2n) is 6.93. The van der Waals surface area contributed by atoms with Crippen LogP contribution in [0.1, 0.15) is 28.5 Å². The Hall–Kier alpha value is -2.91. The van der Waals surface area contributed by atoms with Gasteiger partial charge in [-0.15, -0.1) is 16.4 Å². The molecule has 30 heavy (non-hydrogen) atoms. The maximum absolute atomic E-state index is 13.5. The first-order valence-corrected chi connectivity index (χ1v) is 9.97. The molecule has 10 heteroatoms. The van der Waals surface area contributed by atoms with Crippen molar-refractivity contribution in [3.63, 3.8) is 0 Å². The zero-order valence-corrected chi connectivity index (χ0v) is 16.8. The summed E-state index contributed by atoms with van der Waals surface area (Å²) in [6.45, 7) is 1.81. The van der Waals surface area contributed by atoms with E-state index in [9.17, 15) is 18.0 Å². The number of alkyl halides is 3. The van der Waals surface area contributed by atoms with Gasteiger partial charge in [0.25, 0.3) is 0 Å². The number of fused-ring (bicyclic) bond motifs is 3. The highest BCUT2D eigenvalue weighted by atomic mass is 35.5. The first-order chi connectivity index (χ1) is 14.2. The molecule has 0 saturated heterocycles. The van der Waals surface area contributed by atoms with E-state index in [0.29, 0.717) is 38.4 Å². The molecule has 152 valence electrons. The monoisotopic (exact) mass is 449 g/mol. The highest BCUT2D eigenvalue weighted by Gasteiger charge is 2.34. The van der Waals surface area contributed by atoms with Crippen molar-refractivity contribution in [2.45, 2.75) is 19.5 Å². The summed E-state index contributed by atoms with van der Waals surface area (Å²) < 4.78 is 46.0. The number of aromatic amines is 1. The van der Waals surface area contributed by atoms with Gasteiger partial charge in [-0.25, -0.2) is 4.79 Å². The lowest BCUT2D eigenvalue weighted by Crippen LogP contribution is -2.06. The molecule has 5 rings (SSSR count). The van der Waals surface area contributed by atoms with Gasteiger partial charge in [-0.05, 0) is 42.8 Å². The Labute approximate surface area is 175 Å². The average Bonchev–Trinajstić information content (AvgIpc) is 3.20. The third-order valence-corrected chi connectivity index (χ3v) is 6.44. The van der Waals surface area contributed by atoms with Gasteiger partial charge in [-0.3, -0.25) is 4.98 Å². The van der Waals surface area contributed by atoms with Gasteiger partial charge in [-0.2, -0.15) is 18.3 Å². The minimum absolute atomic E-state index is 0.0125. The maximum Gasteiger partial charge on any atom is 0.417 e. The third-order valence-electron chi connectivity index (χ3n) is 4.84. The van der Waals surface area contributed by atoms with Crippen LogP contribution in [0.25, 0.3) is 21.2 Å². The summed E-state index contributed by atoms with van der Waals surface area (Å²) in [5.41, 5.74) is 2.71. The van der Waals surface area contributed by atoms with Crippen LogP contribution in [0.3, 0.4) is 0 Å². The second-order valence-corrected chi connectivity index (χ2v) is 8.39. The number of oxazole rings is 1. The topological polar surface area (TPSA) is 70.7 Å². The first kappa shape index (κ1) is 19.1. The quantitative estimate of drug-likeness (QED) is 0.400. The molecule has 0 aliphatic carbocycles. The average molecular weight is 450 g/mol. The van der Waals surface area contributed by atoms with E-state index in [1.165, 1.54) is 12.1 Å². The first-order valence-electron chi connectivity index (χ1n) is 8.77. The Kier molecular flexibility index (Phi) is 4.16. The van der Waals surface area contributed by atoms with Crippen molar-refractivity contribution in [2.75, 3.05) is 0 Å². The Morgan fingerprint density at radius 2 is 2.00 bits per heavy atom. The van der Waals surface area contributed by atoms with Crippen LogP contribution in [0, 0.1) is 0 Å². The Balaban J connectivity index is 1.78. The summed E-state index contributed by atoms with van der Waals surface area (Å²) in [5, 5.41) is 8.76. The Morgan fingerprint density at radius 1 is 1.20 bits per heavy atom. The van der Waals surface area contributed by atoms with E-state index in [1.54, 1.807) is 12.1 Å². The van der Waals surface area contributed by atoms with Crippen LogP contribution in [0.4, 0.5) is 13.2 Å². The van der Waals surface area contributed by atoms with E-state index < -0.39 is 17.5 Å². The summed E-state index contributed by atoms with van der Waals surface area (Å²) in [6, 6.07) is 7.09. The number of halogens is 4. The lowest BCUT2D eigenvalue weighted by Gasteiger charge is -2.08. The molecule has 0 unspecified atom stereocenters. The molecule has 2 aromatic carbocycles. The fourth-order valence-corrected chi connectivity index (χ4v) is 4.91. The predicted molar refractivity (Wildman–Crippen MR) is 111 cm³/mol. The molecule has 1 aliphatic heterocycles. The summed E-state index contributed by atoms with van der Waals surface area (Å²) in [7, 11) is 0. The van der Waals surface area contributed by atoms with Crippen LogP contribution in [-0.4, -0.2) is 16.4 Å². The number of rotatable bonds is 1. The van der Waals surface area contributed by atoms with Gasteiger partial charge in [-0.1, -0.05) is 11.6 Å². The molecule has 0 saturated carbocycles. The van der Waals surface area contributed by atoms with E-state index >= 15 is 0 Å². The van der Waals surface area contributed by atoms with Crippen molar-refractivity contribution in [3.05, 3.63) is 67.5 Å². The number of hydrogen-bond acceptors (Lipinski definition) is 5. The SMILES string of the molecule is CC1=NN=C(c2cc3c(C(F)(F)F)ccc(Cl)c3s2)c2cc3oc(=O)[nH]c3cc2C1. The highest BCUT2D eigenvalue weighted by molar-refractivity contribution is 7.21. The fraction of sp³-hybridized carbons (Fsp3) is 0.150. The van der Waals surface area contributed by atoms with Crippen LogP contribution in [-0.2, 0) is 12.6 Å².